The Labute approximate surface area is 84.2 Å². The first kappa shape index (κ1) is 10.5. The van der Waals surface area contributed by atoms with Crippen LogP contribution >= 0.6 is 11.8 Å². The number of benzene rings is 1. The number of thioether (sulfide) groups is 1. The average molecular weight is 196 g/mol. The molecule has 1 rings (SSSR count). The molecule has 0 aliphatic heterocycles. The molecule has 0 bridgehead atoms. The Morgan fingerprint density at radius 3 is 2.23 bits per heavy atom. The molecule has 0 aliphatic carbocycles. The van der Waals surface area contributed by atoms with Gasteiger partial charge in [-0.25, -0.2) is 0 Å². The first-order valence-corrected chi connectivity index (χ1v) is 5.55. The SMILES string of the molecule is CSc1ccc(C(C)(C)C)cc1O. The zero-order chi connectivity index (χ0) is 10.1. The van der Waals surface area contributed by atoms with Crippen LogP contribution in [0.15, 0.2) is 23.1 Å². The van der Waals surface area contributed by atoms with Crippen LogP contribution in [0.3, 0.4) is 0 Å². The Morgan fingerprint density at radius 2 is 1.85 bits per heavy atom. The summed E-state index contributed by atoms with van der Waals surface area (Å²) in [4.78, 5) is 0.938. The molecule has 0 amide bonds. The van der Waals surface area contributed by atoms with Gasteiger partial charge in [0.2, 0.25) is 0 Å². The standard InChI is InChI=1S/C11H16OS/c1-11(2,3)8-5-6-10(13-4)9(12)7-8/h5-7,12H,1-4H3. The Kier molecular flexibility index (Phi) is 2.91. The Balaban J connectivity index is 3.10. The first-order valence-electron chi connectivity index (χ1n) is 4.32. The van der Waals surface area contributed by atoms with E-state index in [2.05, 4.69) is 26.8 Å². The van der Waals surface area contributed by atoms with E-state index < -0.39 is 0 Å². The summed E-state index contributed by atoms with van der Waals surface area (Å²) < 4.78 is 0. The zero-order valence-corrected chi connectivity index (χ0v) is 9.40. The molecular formula is C11H16OS. The van der Waals surface area contributed by atoms with Crippen LogP contribution in [-0.4, -0.2) is 11.4 Å². The molecule has 0 saturated heterocycles. The molecule has 0 unspecified atom stereocenters. The number of aromatic hydroxyl groups is 1. The van der Waals surface area contributed by atoms with E-state index in [1.807, 2.05) is 18.4 Å². The van der Waals surface area contributed by atoms with Gasteiger partial charge in [0.25, 0.3) is 0 Å². The summed E-state index contributed by atoms with van der Waals surface area (Å²) in [6.07, 6.45) is 1.96. The number of rotatable bonds is 1. The fraction of sp³-hybridized carbons (Fsp3) is 0.455. The molecule has 1 aromatic rings. The highest BCUT2D eigenvalue weighted by Gasteiger charge is 2.14. The Morgan fingerprint density at radius 1 is 1.23 bits per heavy atom. The molecule has 0 radical (unpaired) electrons. The summed E-state index contributed by atoms with van der Waals surface area (Å²) in [6, 6.07) is 5.90. The van der Waals surface area contributed by atoms with Crippen molar-refractivity contribution in [3.63, 3.8) is 0 Å². The summed E-state index contributed by atoms with van der Waals surface area (Å²) in [5, 5.41) is 9.63. The minimum Gasteiger partial charge on any atom is -0.507 e. The van der Waals surface area contributed by atoms with E-state index in [-0.39, 0.29) is 5.41 Å². The van der Waals surface area contributed by atoms with Crippen molar-refractivity contribution in [2.75, 3.05) is 6.26 Å². The summed E-state index contributed by atoms with van der Waals surface area (Å²) in [5.41, 5.74) is 1.27. The molecule has 0 atom stereocenters. The predicted molar refractivity (Wildman–Crippen MR) is 58.6 cm³/mol. The smallest absolute Gasteiger partial charge is 0.129 e. The van der Waals surface area contributed by atoms with E-state index in [1.165, 1.54) is 5.56 Å². The summed E-state index contributed by atoms with van der Waals surface area (Å²) in [7, 11) is 0. The van der Waals surface area contributed by atoms with E-state index in [1.54, 1.807) is 11.8 Å². The molecule has 0 heterocycles. The zero-order valence-electron chi connectivity index (χ0n) is 8.59. The lowest BCUT2D eigenvalue weighted by molar-refractivity contribution is 0.458. The maximum atomic E-state index is 9.63. The van der Waals surface area contributed by atoms with E-state index in [9.17, 15) is 5.11 Å². The number of phenols is 1. The molecule has 1 nitrogen and oxygen atoms in total. The lowest BCUT2D eigenvalue weighted by atomic mass is 9.87. The van der Waals surface area contributed by atoms with Crippen molar-refractivity contribution in [2.45, 2.75) is 31.1 Å². The van der Waals surface area contributed by atoms with Crippen LogP contribution in [0, 0.1) is 0 Å². The van der Waals surface area contributed by atoms with Crippen LogP contribution in [0.1, 0.15) is 26.3 Å². The molecule has 72 valence electrons. The van der Waals surface area contributed by atoms with Crippen LogP contribution in [0.5, 0.6) is 5.75 Å². The topological polar surface area (TPSA) is 20.2 Å². The van der Waals surface area contributed by atoms with Gasteiger partial charge in [-0.2, -0.15) is 0 Å². The van der Waals surface area contributed by atoms with Crippen LogP contribution in [0.4, 0.5) is 0 Å². The molecule has 0 spiro atoms. The van der Waals surface area contributed by atoms with Gasteiger partial charge >= 0.3 is 0 Å². The molecule has 13 heavy (non-hydrogen) atoms. The normalized spacial score (nSPS) is 11.7. The van der Waals surface area contributed by atoms with E-state index in [0.717, 1.165) is 4.90 Å². The maximum absolute atomic E-state index is 9.63. The van der Waals surface area contributed by atoms with Crippen molar-refractivity contribution >= 4 is 11.8 Å². The van der Waals surface area contributed by atoms with Crippen molar-refractivity contribution in [1.82, 2.24) is 0 Å². The summed E-state index contributed by atoms with van der Waals surface area (Å²) in [6.45, 7) is 6.42. The summed E-state index contributed by atoms with van der Waals surface area (Å²) >= 11 is 1.56. The molecule has 0 saturated carbocycles. The van der Waals surface area contributed by atoms with Crippen LogP contribution in [0.2, 0.25) is 0 Å². The van der Waals surface area contributed by atoms with Crippen molar-refractivity contribution in [3.05, 3.63) is 23.8 Å². The second kappa shape index (κ2) is 3.62. The third kappa shape index (κ3) is 2.41. The number of hydrogen-bond donors (Lipinski definition) is 1. The van der Waals surface area contributed by atoms with E-state index in [0.29, 0.717) is 5.75 Å². The highest BCUT2D eigenvalue weighted by Crippen LogP contribution is 2.31. The minimum atomic E-state index is 0.106. The highest BCUT2D eigenvalue weighted by atomic mass is 32.2. The molecular weight excluding hydrogens is 180 g/mol. The van der Waals surface area contributed by atoms with Crippen LogP contribution in [0.25, 0.3) is 0 Å². The lowest BCUT2D eigenvalue weighted by Gasteiger charge is -2.19. The number of phenolic OH excluding ortho intramolecular Hbond substituents is 1. The van der Waals surface area contributed by atoms with Gasteiger partial charge in [-0.3, -0.25) is 0 Å². The Hall–Kier alpha value is -0.630. The lowest BCUT2D eigenvalue weighted by Crippen LogP contribution is -2.10. The first-order chi connectivity index (χ1) is 5.95. The predicted octanol–water partition coefficient (Wildman–Crippen LogP) is 3.41. The highest BCUT2D eigenvalue weighted by molar-refractivity contribution is 7.98. The summed E-state index contributed by atoms with van der Waals surface area (Å²) in [5.74, 6) is 0.389. The average Bonchev–Trinajstić information content (AvgIpc) is 2.02. The van der Waals surface area contributed by atoms with E-state index >= 15 is 0 Å². The van der Waals surface area contributed by atoms with Gasteiger partial charge < -0.3 is 5.11 Å². The largest absolute Gasteiger partial charge is 0.507 e. The molecule has 0 aromatic heterocycles. The van der Waals surface area contributed by atoms with Crippen molar-refractivity contribution in [2.24, 2.45) is 0 Å². The third-order valence-corrected chi connectivity index (χ3v) is 2.83. The monoisotopic (exact) mass is 196 g/mol. The minimum absolute atomic E-state index is 0.106. The molecule has 0 fully saturated rings. The van der Waals surface area contributed by atoms with Crippen molar-refractivity contribution in [3.8, 4) is 5.75 Å². The molecule has 0 aliphatic rings. The fourth-order valence-corrected chi connectivity index (χ4v) is 1.63. The van der Waals surface area contributed by atoms with Gasteiger partial charge in [0.05, 0.1) is 0 Å². The molecule has 1 N–H and O–H groups in total. The molecule has 1 aromatic carbocycles. The van der Waals surface area contributed by atoms with Gasteiger partial charge in [0.1, 0.15) is 5.75 Å². The molecule has 2 heteroatoms. The van der Waals surface area contributed by atoms with Gasteiger partial charge in [0.15, 0.2) is 0 Å². The van der Waals surface area contributed by atoms with Crippen molar-refractivity contribution in [1.29, 1.82) is 0 Å². The third-order valence-electron chi connectivity index (χ3n) is 2.04. The van der Waals surface area contributed by atoms with Crippen LogP contribution < -0.4 is 0 Å². The van der Waals surface area contributed by atoms with Gasteiger partial charge in [-0.05, 0) is 29.4 Å². The van der Waals surface area contributed by atoms with Gasteiger partial charge in [0, 0.05) is 4.90 Å². The van der Waals surface area contributed by atoms with E-state index in [4.69, 9.17) is 0 Å². The van der Waals surface area contributed by atoms with Crippen molar-refractivity contribution < 1.29 is 5.11 Å². The second-order valence-corrected chi connectivity index (χ2v) is 4.98. The fourth-order valence-electron chi connectivity index (χ4n) is 1.16. The quantitative estimate of drug-likeness (QED) is 0.695. The van der Waals surface area contributed by atoms with Gasteiger partial charge in [-0.15, -0.1) is 11.8 Å². The van der Waals surface area contributed by atoms with Crippen LogP contribution in [-0.2, 0) is 5.41 Å². The second-order valence-electron chi connectivity index (χ2n) is 4.14. The van der Waals surface area contributed by atoms with Gasteiger partial charge in [-0.1, -0.05) is 26.8 Å². The Bertz CT molecular complexity index is 299. The maximum Gasteiger partial charge on any atom is 0.129 e. The number of hydrogen-bond acceptors (Lipinski definition) is 2.